The van der Waals surface area contributed by atoms with Gasteiger partial charge in [-0.1, -0.05) is 19.1 Å². The highest BCUT2D eigenvalue weighted by atomic mass is 32.1. The average Bonchev–Trinajstić information content (AvgIpc) is 3.12. The summed E-state index contributed by atoms with van der Waals surface area (Å²) in [5.74, 6) is -1.77. The molecule has 2 aromatic heterocycles. The summed E-state index contributed by atoms with van der Waals surface area (Å²) in [6.07, 6.45) is 0. The molecule has 1 aromatic carbocycles. The van der Waals surface area contributed by atoms with Crippen LogP contribution in [0.5, 0.6) is 0 Å². The largest absolute Gasteiger partial charge is 0.476 e. The number of aromatic carboxylic acids is 1. The smallest absolute Gasteiger partial charge is 0.355 e. The van der Waals surface area contributed by atoms with E-state index in [4.69, 9.17) is 5.11 Å². The first-order chi connectivity index (χ1) is 11.4. The lowest BCUT2D eigenvalue weighted by Gasteiger charge is -2.12. The molecule has 24 heavy (non-hydrogen) atoms. The second kappa shape index (κ2) is 6.04. The minimum absolute atomic E-state index is 0.0225. The summed E-state index contributed by atoms with van der Waals surface area (Å²) in [5.41, 5.74) is 1.37. The van der Waals surface area contributed by atoms with Gasteiger partial charge in [0.25, 0.3) is 5.56 Å². The Morgan fingerprint density at radius 3 is 2.62 bits per heavy atom. The summed E-state index contributed by atoms with van der Waals surface area (Å²) in [7, 11) is 1.70. The van der Waals surface area contributed by atoms with E-state index in [1.165, 1.54) is 28.8 Å². The van der Waals surface area contributed by atoms with E-state index < -0.39 is 5.97 Å². The molecule has 0 aliphatic heterocycles. The molecular formula is C16H14FN3O3S. The fourth-order valence-electron chi connectivity index (χ4n) is 2.66. The molecule has 0 amide bonds. The second-order valence-electron chi connectivity index (χ2n) is 5.36. The summed E-state index contributed by atoms with van der Waals surface area (Å²) in [6.45, 7) is 1.85. The van der Waals surface area contributed by atoms with Crippen molar-refractivity contribution in [2.45, 2.75) is 12.8 Å². The quantitative estimate of drug-likeness (QED) is 0.760. The first-order valence-electron chi connectivity index (χ1n) is 7.12. The molecule has 3 aromatic rings. The Bertz CT molecular complexity index is 956. The molecule has 124 valence electrons. The number of carboxylic acid groups (broad SMARTS) is 1. The molecule has 8 heteroatoms. The molecular weight excluding hydrogens is 333 g/mol. The molecule has 0 saturated heterocycles. The number of aromatic nitrogens is 3. The van der Waals surface area contributed by atoms with Gasteiger partial charge in [-0.05, 0) is 17.7 Å². The molecule has 2 N–H and O–H groups in total. The molecule has 0 aliphatic rings. The number of hydrogen-bond donors (Lipinski definition) is 2. The van der Waals surface area contributed by atoms with Crippen LogP contribution in [0.4, 0.5) is 4.39 Å². The van der Waals surface area contributed by atoms with Crippen LogP contribution < -0.4 is 5.56 Å². The number of aryl methyl sites for hydroxylation is 1. The van der Waals surface area contributed by atoms with Crippen molar-refractivity contribution < 1.29 is 14.3 Å². The Morgan fingerprint density at radius 2 is 2.04 bits per heavy atom. The third-order valence-electron chi connectivity index (χ3n) is 3.77. The van der Waals surface area contributed by atoms with Crippen molar-refractivity contribution in [3.8, 4) is 11.1 Å². The van der Waals surface area contributed by atoms with Crippen molar-refractivity contribution in [2.75, 3.05) is 0 Å². The Morgan fingerprint density at radius 1 is 1.38 bits per heavy atom. The lowest BCUT2D eigenvalue weighted by molar-refractivity contribution is 0.0691. The Balaban J connectivity index is 2.11. The number of hydrogen-bond acceptors (Lipinski definition) is 4. The first-order valence-corrected chi connectivity index (χ1v) is 8.00. The second-order valence-corrected chi connectivity index (χ2v) is 6.25. The number of nitrogens with one attached hydrogen (secondary N) is 1. The number of carboxylic acids is 1. The van der Waals surface area contributed by atoms with Crippen LogP contribution in [0.25, 0.3) is 11.1 Å². The highest BCUT2D eigenvalue weighted by molar-refractivity contribution is 7.10. The summed E-state index contributed by atoms with van der Waals surface area (Å²) < 4.78 is 14.7. The molecule has 3 rings (SSSR count). The summed E-state index contributed by atoms with van der Waals surface area (Å²) >= 11 is 1.22. The van der Waals surface area contributed by atoms with Crippen LogP contribution in [-0.4, -0.2) is 25.8 Å². The number of nitrogens with zero attached hydrogens (tertiary/aromatic N) is 2. The standard InChI is InChI=1S/C16H14FN3O3S/c1-8(15-18-11(7-24-15)16(22)23)13-12(14(21)19-20(13)2)9-3-5-10(17)6-4-9/h3-8H,1-2H3,(H,19,21)(H,22,23). The Kier molecular flexibility index (Phi) is 4.06. The van der Waals surface area contributed by atoms with Crippen molar-refractivity contribution >= 4 is 17.3 Å². The van der Waals surface area contributed by atoms with E-state index in [2.05, 4.69) is 10.1 Å². The lowest BCUT2D eigenvalue weighted by Crippen LogP contribution is -2.06. The van der Waals surface area contributed by atoms with Crippen molar-refractivity contribution in [3.63, 3.8) is 0 Å². The zero-order chi connectivity index (χ0) is 17.4. The zero-order valence-electron chi connectivity index (χ0n) is 12.9. The fraction of sp³-hybridized carbons (Fsp3) is 0.188. The minimum atomic E-state index is -1.09. The van der Waals surface area contributed by atoms with Gasteiger partial charge in [0, 0.05) is 12.4 Å². The maximum absolute atomic E-state index is 13.2. The van der Waals surface area contributed by atoms with Crippen LogP contribution in [0.2, 0.25) is 0 Å². The van der Waals surface area contributed by atoms with E-state index in [-0.39, 0.29) is 23.0 Å². The van der Waals surface area contributed by atoms with Crippen LogP contribution in [0.3, 0.4) is 0 Å². The SMILES string of the molecule is CC(c1nc(C(=O)O)cs1)c1c(-c2ccc(F)cc2)c(=O)[nH]n1C. The molecule has 1 atom stereocenters. The number of benzene rings is 1. The van der Waals surface area contributed by atoms with E-state index in [1.54, 1.807) is 23.9 Å². The van der Waals surface area contributed by atoms with Crippen LogP contribution in [-0.2, 0) is 7.05 Å². The van der Waals surface area contributed by atoms with Crippen LogP contribution in [0, 0.1) is 5.82 Å². The number of aromatic amines is 1. The van der Waals surface area contributed by atoms with E-state index in [1.807, 2.05) is 6.92 Å². The van der Waals surface area contributed by atoms with Crippen molar-refractivity contribution in [3.05, 3.63) is 62.2 Å². The van der Waals surface area contributed by atoms with Crippen molar-refractivity contribution in [1.29, 1.82) is 0 Å². The third kappa shape index (κ3) is 2.76. The van der Waals surface area contributed by atoms with Gasteiger partial charge in [0.05, 0.1) is 17.2 Å². The van der Waals surface area contributed by atoms with Gasteiger partial charge in [-0.25, -0.2) is 14.2 Å². The Hall–Kier alpha value is -2.74. The van der Waals surface area contributed by atoms with Gasteiger partial charge in [-0.15, -0.1) is 11.3 Å². The topological polar surface area (TPSA) is 88.0 Å². The van der Waals surface area contributed by atoms with Crippen LogP contribution in [0.1, 0.15) is 34.0 Å². The summed E-state index contributed by atoms with van der Waals surface area (Å²) in [4.78, 5) is 27.4. The van der Waals surface area contributed by atoms with Gasteiger partial charge < -0.3 is 5.11 Å². The van der Waals surface area contributed by atoms with E-state index in [9.17, 15) is 14.0 Å². The van der Waals surface area contributed by atoms with E-state index >= 15 is 0 Å². The number of H-pyrrole nitrogens is 1. The van der Waals surface area contributed by atoms with Crippen LogP contribution >= 0.6 is 11.3 Å². The molecule has 0 radical (unpaired) electrons. The molecule has 2 heterocycles. The van der Waals surface area contributed by atoms with Gasteiger partial charge in [-0.3, -0.25) is 14.6 Å². The maximum atomic E-state index is 13.2. The van der Waals surface area contributed by atoms with Gasteiger partial charge in [0.2, 0.25) is 0 Å². The summed E-state index contributed by atoms with van der Waals surface area (Å²) in [6, 6.07) is 5.67. The molecule has 1 unspecified atom stereocenters. The third-order valence-corrected chi connectivity index (χ3v) is 4.80. The van der Waals surface area contributed by atoms with Gasteiger partial charge in [-0.2, -0.15) is 0 Å². The molecule has 0 fully saturated rings. The fourth-order valence-corrected chi connectivity index (χ4v) is 3.51. The first kappa shape index (κ1) is 16.1. The predicted molar refractivity (Wildman–Crippen MR) is 88.0 cm³/mol. The van der Waals surface area contributed by atoms with Crippen molar-refractivity contribution in [1.82, 2.24) is 14.8 Å². The Labute approximate surface area is 140 Å². The lowest BCUT2D eigenvalue weighted by atomic mass is 9.98. The number of halogens is 1. The maximum Gasteiger partial charge on any atom is 0.355 e. The molecule has 0 spiro atoms. The predicted octanol–water partition coefficient (Wildman–Crippen LogP) is 2.83. The van der Waals surface area contributed by atoms with Crippen LogP contribution in [0.15, 0.2) is 34.4 Å². The van der Waals surface area contributed by atoms with Gasteiger partial charge >= 0.3 is 5.97 Å². The summed E-state index contributed by atoms with van der Waals surface area (Å²) in [5, 5.41) is 13.8. The zero-order valence-corrected chi connectivity index (χ0v) is 13.7. The highest BCUT2D eigenvalue weighted by Crippen LogP contribution is 2.32. The van der Waals surface area contributed by atoms with Gasteiger partial charge in [0.1, 0.15) is 10.8 Å². The van der Waals surface area contributed by atoms with E-state index in [0.29, 0.717) is 21.8 Å². The van der Waals surface area contributed by atoms with E-state index in [0.717, 1.165) is 0 Å². The molecule has 0 saturated carbocycles. The number of carbonyl (C=O) groups is 1. The molecule has 0 aliphatic carbocycles. The monoisotopic (exact) mass is 347 g/mol. The number of rotatable bonds is 4. The normalized spacial score (nSPS) is 12.3. The highest BCUT2D eigenvalue weighted by Gasteiger charge is 2.24. The molecule has 0 bridgehead atoms. The number of thiazole rings is 1. The average molecular weight is 347 g/mol. The molecule has 6 nitrogen and oxygen atoms in total. The van der Waals surface area contributed by atoms with Crippen molar-refractivity contribution in [2.24, 2.45) is 7.05 Å². The minimum Gasteiger partial charge on any atom is -0.476 e. The van der Waals surface area contributed by atoms with Gasteiger partial charge in [0.15, 0.2) is 5.69 Å².